The summed E-state index contributed by atoms with van der Waals surface area (Å²) in [6, 6.07) is 14.6. The van der Waals surface area contributed by atoms with Gasteiger partial charge >= 0.3 is 5.97 Å². The summed E-state index contributed by atoms with van der Waals surface area (Å²) in [7, 11) is 0. The zero-order chi connectivity index (χ0) is 18.5. The summed E-state index contributed by atoms with van der Waals surface area (Å²) >= 11 is 3.61. The van der Waals surface area contributed by atoms with Crippen molar-refractivity contribution in [3.05, 3.63) is 52.1 Å². The molecule has 0 bridgehead atoms. The molecule has 1 heterocycles. The number of fused-ring (bicyclic) bond motifs is 1. The van der Waals surface area contributed by atoms with Crippen molar-refractivity contribution in [3.63, 3.8) is 0 Å². The summed E-state index contributed by atoms with van der Waals surface area (Å²) in [4.78, 5) is 38.4. The molecule has 0 saturated carbocycles. The highest BCUT2D eigenvalue weighted by Crippen LogP contribution is 2.34. The number of carbonyl (C=O) groups excluding carboxylic acids is 3. The molecule has 0 unspecified atom stereocenters. The van der Waals surface area contributed by atoms with Gasteiger partial charge in [0.15, 0.2) is 6.61 Å². The number of ether oxygens (including phenoxy) is 1. The first-order valence-corrected chi connectivity index (χ1v) is 9.82. The van der Waals surface area contributed by atoms with Crippen molar-refractivity contribution in [2.45, 2.75) is 4.90 Å². The number of para-hydroxylation sites is 1. The van der Waals surface area contributed by atoms with Crippen molar-refractivity contribution >= 4 is 63.5 Å². The molecule has 0 aliphatic carbocycles. The largest absolute Gasteiger partial charge is 0.454 e. The Balaban J connectivity index is 1.53. The van der Waals surface area contributed by atoms with Gasteiger partial charge in [-0.1, -0.05) is 12.1 Å². The number of hydrogen-bond donors (Lipinski definition) is 1. The van der Waals surface area contributed by atoms with Crippen molar-refractivity contribution in [3.8, 4) is 0 Å². The summed E-state index contributed by atoms with van der Waals surface area (Å²) in [5, 5.41) is 2.65. The van der Waals surface area contributed by atoms with Crippen LogP contribution in [0.3, 0.4) is 0 Å². The number of rotatable bonds is 5. The topological polar surface area (TPSA) is 75.7 Å². The van der Waals surface area contributed by atoms with Crippen LogP contribution in [0, 0.1) is 3.57 Å². The second-order valence-corrected chi connectivity index (χ2v) is 7.71. The first kappa shape index (κ1) is 18.7. The van der Waals surface area contributed by atoms with Crippen LogP contribution in [-0.2, 0) is 19.1 Å². The maximum Gasteiger partial charge on any atom is 0.326 e. The summed E-state index contributed by atoms with van der Waals surface area (Å²) in [6.45, 7) is -0.615. The Hall–Kier alpha value is -2.07. The molecular weight excluding hydrogens is 467 g/mol. The lowest BCUT2D eigenvalue weighted by molar-refractivity contribution is -0.146. The van der Waals surface area contributed by atoms with Gasteiger partial charge < -0.3 is 10.1 Å². The minimum atomic E-state index is -0.627. The van der Waals surface area contributed by atoms with E-state index in [1.165, 1.54) is 16.7 Å². The van der Waals surface area contributed by atoms with Gasteiger partial charge in [0.05, 0.1) is 11.4 Å². The SMILES string of the molecule is O=C(COC(=O)CN1C(=O)CSc2ccccc21)Nc1ccc(I)cc1. The molecule has 0 saturated heterocycles. The van der Waals surface area contributed by atoms with E-state index >= 15 is 0 Å². The average molecular weight is 482 g/mol. The fourth-order valence-electron chi connectivity index (χ4n) is 2.38. The van der Waals surface area contributed by atoms with Crippen molar-refractivity contribution in [1.82, 2.24) is 0 Å². The fourth-order valence-corrected chi connectivity index (χ4v) is 3.67. The highest BCUT2D eigenvalue weighted by atomic mass is 127. The smallest absolute Gasteiger partial charge is 0.326 e. The number of esters is 1. The van der Waals surface area contributed by atoms with Crippen LogP contribution in [0.1, 0.15) is 0 Å². The maximum absolute atomic E-state index is 12.1. The number of nitrogens with one attached hydrogen (secondary N) is 1. The molecule has 1 N–H and O–H groups in total. The normalized spacial score (nSPS) is 13.1. The molecule has 0 radical (unpaired) electrons. The number of halogens is 1. The van der Waals surface area contributed by atoms with E-state index in [1.807, 2.05) is 30.3 Å². The number of carbonyl (C=O) groups is 3. The predicted molar refractivity (Wildman–Crippen MR) is 108 cm³/mol. The molecular formula is C18H15IN2O4S. The monoisotopic (exact) mass is 482 g/mol. The van der Waals surface area contributed by atoms with Gasteiger partial charge in [0.25, 0.3) is 5.91 Å². The molecule has 0 fully saturated rings. The molecule has 0 aromatic heterocycles. The number of thioether (sulfide) groups is 1. The molecule has 6 nitrogen and oxygen atoms in total. The first-order chi connectivity index (χ1) is 12.5. The lowest BCUT2D eigenvalue weighted by Gasteiger charge is -2.27. The Labute approximate surface area is 168 Å². The molecule has 3 rings (SSSR count). The average Bonchev–Trinajstić information content (AvgIpc) is 2.64. The number of anilines is 2. The van der Waals surface area contributed by atoms with Crippen molar-refractivity contribution < 1.29 is 19.1 Å². The molecule has 1 aliphatic heterocycles. The first-order valence-electron chi connectivity index (χ1n) is 7.76. The third-order valence-corrected chi connectivity index (χ3v) is 5.35. The molecule has 8 heteroatoms. The highest BCUT2D eigenvalue weighted by molar-refractivity contribution is 14.1. The Morgan fingerprint density at radius 3 is 2.65 bits per heavy atom. The van der Waals surface area contributed by atoms with E-state index in [4.69, 9.17) is 4.74 Å². The Kier molecular flexibility index (Phi) is 6.15. The van der Waals surface area contributed by atoms with Crippen LogP contribution in [-0.4, -0.2) is 36.7 Å². The van der Waals surface area contributed by atoms with Crippen LogP contribution in [0.25, 0.3) is 0 Å². The van der Waals surface area contributed by atoms with Crippen molar-refractivity contribution in [2.24, 2.45) is 0 Å². The van der Waals surface area contributed by atoms with Crippen molar-refractivity contribution in [2.75, 3.05) is 29.1 Å². The summed E-state index contributed by atoms with van der Waals surface area (Å²) in [5.41, 5.74) is 1.32. The minimum Gasteiger partial charge on any atom is -0.454 e. The van der Waals surface area contributed by atoms with Crippen LogP contribution in [0.5, 0.6) is 0 Å². The second-order valence-electron chi connectivity index (χ2n) is 5.45. The van der Waals surface area contributed by atoms with Crippen LogP contribution in [0.2, 0.25) is 0 Å². The molecule has 1 aliphatic rings. The molecule has 2 aromatic carbocycles. The van der Waals surface area contributed by atoms with Gasteiger partial charge in [0.1, 0.15) is 6.54 Å². The zero-order valence-electron chi connectivity index (χ0n) is 13.6. The third kappa shape index (κ3) is 4.76. The zero-order valence-corrected chi connectivity index (χ0v) is 16.6. The quantitative estimate of drug-likeness (QED) is 0.524. The fraction of sp³-hybridized carbons (Fsp3) is 0.167. The van der Waals surface area contributed by atoms with Gasteiger partial charge in [-0.25, -0.2) is 0 Å². The predicted octanol–water partition coefficient (Wildman–Crippen LogP) is 2.91. The van der Waals surface area contributed by atoms with Gasteiger partial charge in [-0.05, 0) is 59.0 Å². The Morgan fingerprint density at radius 1 is 1.15 bits per heavy atom. The van der Waals surface area contributed by atoms with E-state index in [0.29, 0.717) is 11.4 Å². The van der Waals surface area contributed by atoms with Crippen molar-refractivity contribution in [1.29, 1.82) is 0 Å². The van der Waals surface area contributed by atoms with Gasteiger partial charge in [-0.3, -0.25) is 19.3 Å². The molecule has 2 amide bonds. The second kappa shape index (κ2) is 8.54. The molecule has 2 aromatic rings. The molecule has 0 spiro atoms. The van der Waals surface area contributed by atoms with E-state index in [2.05, 4.69) is 27.9 Å². The molecule has 134 valence electrons. The van der Waals surface area contributed by atoms with Crippen LogP contribution >= 0.6 is 34.4 Å². The number of amides is 2. The third-order valence-electron chi connectivity index (χ3n) is 3.59. The van der Waals surface area contributed by atoms with Crippen LogP contribution in [0.4, 0.5) is 11.4 Å². The lowest BCUT2D eigenvalue weighted by Crippen LogP contribution is -2.40. The van der Waals surface area contributed by atoms with E-state index in [-0.39, 0.29) is 18.2 Å². The highest BCUT2D eigenvalue weighted by Gasteiger charge is 2.26. The lowest BCUT2D eigenvalue weighted by atomic mass is 10.2. The number of hydrogen-bond acceptors (Lipinski definition) is 5. The van der Waals surface area contributed by atoms with Gasteiger partial charge in [-0.15, -0.1) is 11.8 Å². The summed E-state index contributed by atoms with van der Waals surface area (Å²) in [6.07, 6.45) is 0. The van der Waals surface area contributed by atoms with E-state index in [0.717, 1.165) is 8.47 Å². The van der Waals surface area contributed by atoms with Crippen LogP contribution in [0.15, 0.2) is 53.4 Å². The maximum atomic E-state index is 12.1. The number of nitrogens with zero attached hydrogens (tertiary/aromatic N) is 1. The summed E-state index contributed by atoms with van der Waals surface area (Å²) in [5.74, 6) is -0.940. The minimum absolute atomic E-state index is 0.158. The Bertz CT molecular complexity index is 841. The molecule has 26 heavy (non-hydrogen) atoms. The number of benzene rings is 2. The van der Waals surface area contributed by atoms with Gasteiger partial charge in [-0.2, -0.15) is 0 Å². The Morgan fingerprint density at radius 2 is 1.88 bits per heavy atom. The standard InChI is InChI=1S/C18H15IN2O4S/c19-12-5-7-13(8-6-12)20-16(22)10-25-18(24)9-21-14-3-1-2-4-15(14)26-11-17(21)23/h1-8H,9-11H2,(H,20,22). The van der Waals surface area contributed by atoms with Gasteiger partial charge in [0.2, 0.25) is 5.91 Å². The van der Waals surface area contributed by atoms with E-state index in [9.17, 15) is 14.4 Å². The molecule has 0 atom stereocenters. The van der Waals surface area contributed by atoms with E-state index in [1.54, 1.807) is 18.2 Å². The van der Waals surface area contributed by atoms with Crippen LogP contribution < -0.4 is 10.2 Å². The van der Waals surface area contributed by atoms with Gasteiger partial charge in [0, 0.05) is 14.2 Å². The summed E-state index contributed by atoms with van der Waals surface area (Å²) < 4.78 is 6.07. The van der Waals surface area contributed by atoms with E-state index < -0.39 is 18.5 Å².